The Morgan fingerprint density at radius 1 is 0.949 bits per heavy atom. The molecule has 0 fully saturated rings. The molecule has 0 bridgehead atoms. The van der Waals surface area contributed by atoms with Gasteiger partial charge >= 0.3 is 11.7 Å². The molecule has 4 rings (SSSR count). The first-order valence-electron chi connectivity index (χ1n) is 12.0. The number of para-hydroxylation sites is 1. The molecule has 0 saturated carbocycles. The number of amides is 2. The number of methoxy groups -OCH3 is 1. The van der Waals surface area contributed by atoms with E-state index >= 15 is 0 Å². The van der Waals surface area contributed by atoms with Gasteiger partial charge in [0.2, 0.25) is 5.91 Å². The highest BCUT2D eigenvalue weighted by Crippen LogP contribution is 2.17. The summed E-state index contributed by atoms with van der Waals surface area (Å²) < 4.78 is 6.84. The van der Waals surface area contributed by atoms with Crippen LogP contribution in [0, 0.1) is 0 Å². The molecule has 1 aromatic heterocycles. The Balaban J connectivity index is 1.71. The summed E-state index contributed by atoms with van der Waals surface area (Å²) in [6.07, 6.45) is 1.40. The molecule has 10 heteroatoms. The van der Waals surface area contributed by atoms with Crippen molar-refractivity contribution in [2.24, 2.45) is 0 Å². The molecule has 10 nitrogen and oxygen atoms in total. The molecule has 0 aliphatic carbocycles. The average Bonchev–Trinajstić information content (AvgIpc) is 2.96. The Hall–Kier alpha value is -5.25. The van der Waals surface area contributed by atoms with E-state index in [1.807, 2.05) is 30.3 Å². The van der Waals surface area contributed by atoms with Gasteiger partial charge in [0.1, 0.15) is 6.54 Å². The van der Waals surface area contributed by atoms with Gasteiger partial charge in [0.15, 0.2) is 0 Å². The van der Waals surface area contributed by atoms with Crippen LogP contribution in [0.5, 0.6) is 0 Å². The smallest absolute Gasteiger partial charge is 0.339 e. The summed E-state index contributed by atoms with van der Waals surface area (Å²) in [4.78, 5) is 64.4. The lowest BCUT2D eigenvalue weighted by Crippen LogP contribution is -2.41. The largest absolute Gasteiger partial charge is 0.465 e. The summed E-state index contributed by atoms with van der Waals surface area (Å²) in [6, 6.07) is 20.0. The molecule has 0 aliphatic rings. The lowest BCUT2D eigenvalue weighted by Gasteiger charge is -2.15. The molecule has 0 unspecified atom stereocenters. The standard InChI is InChI=1S/C29H26N4O6/c1-3-15-32-27(36)22-14-13-20(26(35)30-17-19-9-5-4-6-10-19)16-24(22)33(29(32)38)18-25(34)31-23-12-8-7-11-21(23)28(37)39-2/h3-14,16H,1,15,17-18H2,2H3,(H,30,35)(H,31,34). The highest BCUT2D eigenvalue weighted by atomic mass is 16.5. The Kier molecular flexibility index (Phi) is 8.15. The van der Waals surface area contributed by atoms with Crippen LogP contribution < -0.4 is 21.9 Å². The van der Waals surface area contributed by atoms with Gasteiger partial charge in [-0.25, -0.2) is 9.59 Å². The Morgan fingerprint density at radius 3 is 2.38 bits per heavy atom. The predicted octanol–water partition coefficient (Wildman–Crippen LogP) is 2.70. The summed E-state index contributed by atoms with van der Waals surface area (Å²) >= 11 is 0. The van der Waals surface area contributed by atoms with E-state index in [2.05, 4.69) is 17.2 Å². The minimum Gasteiger partial charge on any atom is -0.465 e. The molecule has 0 aliphatic heterocycles. The van der Waals surface area contributed by atoms with Crippen LogP contribution in [-0.4, -0.2) is 34.0 Å². The molecule has 1 heterocycles. The maximum absolute atomic E-state index is 13.3. The minimum atomic E-state index is -0.745. The first-order chi connectivity index (χ1) is 18.8. The van der Waals surface area contributed by atoms with Crippen molar-refractivity contribution in [3.05, 3.63) is 123 Å². The highest BCUT2D eigenvalue weighted by molar-refractivity contribution is 6.02. The van der Waals surface area contributed by atoms with Crippen LogP contribution >= 0.6 is 0 Å². The van der Waals surface area contributed by atoms with Gasteiger partial charge in [-0.05, 0) is 35.9 Å². The van der Waals surface area contributed by atoms with Crippen LogP contribution in [0.2, 0.25) is 0 Å². The van der Waals surface area contributed by atoms with Crippen LogP contribution in [0.3, 0.4) is 0 Å². The Morgan fingerprint density at radius 2 is 1.67 bits per heavy atom. The van der Waals surface area contributed by atoms with Crippen LogP contribution in [0.25, 0.3) is 10.9 Å². The fourth-order valence-electron chi connectivity index (χ4n) is 4.09. The number of carbonyl (C=O) groups excluding carboxylic acids is 3. The van der Waals surface area contributed by atoms with E-state index in [4.69, 9.17) is 4.74 Å². The Labute approximate surface area is 223 Å². The summed E-state index contributed by atoms with van der Waals surface area (Å²) in [7, 11) is 1.23. The fraction of sp³-hybridized carbons (Fsp3) is 0.138. The molecular formula is C29H26N4O6. The van der Waals surface area contributed by atoms with Gasteiger partial charge in [-0.3, -0.25) is 23.5 Å². The first kappa shape index (κ1) is 26.8. The molecule has 0 saturated heterocycles. The van der Waals surface area contributed by atoms with Gasteiger partial charge in [0.05, 0.1) is 29.3 Å². The fourth-order valence-corrected chi connectivity index (χ4v) is 4.09. The number of benzene rings is 3. The molecule has 3 aromatic carbocycles. The van der Waals surface area contributed by atoms with E-state index in [9.17, 15) is 24.0 Å². The molecule has 0 atom stereocenters. The number of rotatable bonds is 9. The molecule has 0 spiro atoms. The minimum absolute atomic E-state index is 0.0697. The summed E-state index contributed by atoms with van der Waals surface area (Å²) in [5.41, 5.74) is 0.258. The lowest BCUT2D eigenvalue weighted by molar-refractivity contribution is -0.116. The second kappa shape index (κ2) is 11.9. The van der Waals surface area contributed by atoms with Crippen molar-refractivity contribution in [1.82, 2.24) is 14.5 Å². The van der Waals surface area contributed by atoms with Crippen LogP contribution in [-0.2, 0) is 29.2 Å². The van der Waals surface area contributed by atoms with Gasteiger partial charge in [0.25, 0.3) is 11.5 Å². The number of hydrogen-bond donors (Lipinski definition) is 2. The average molecular weight is 527 g/mol. The number of anilines is 1. The molecular weight excluding hydrogens is 500 g/mol. The predicted molar refractivity (Wildman–Crippen MR) is 147 cm³/mol. The van der Waals surface area contributed by atoms with E-state index in [0.717, 1.165) is 14.7 Å². The zero-order valence-corrected chi connectivity index (χ0v) is 21.2. The number of nitrogens with one attached hydrogen (secondary N) is 2. The summed E-state index contributed by atoms with van der Waals surface area (Å²) in [5.74, 6) is -1.68. The number of fused-ring (bicyclic) bond motifs is 1. The van der Waals surface area contributed by atoms with Gasteiger partial charge < -0.3 is 15.4 Å². The van der Waals surface area contributed by atoms with E-state index in [1.165, 1.54) is 43.5 Å². The maximum Gasteiger partial charge on any atom is 0.339 e. The number of nitrogens with zero attached hydrogens (tertiary/aromatic N) is 2. The quantitative estimate of drug-likeness (QED) is 0.255. The van der Waals surface area contributed by atoms with Crippen molar-refractivity contribution in [3.8, 4) is 0 Å². The maximum atomic E-state index is 13.3. The van der Waals surface area contributed by atoms with Crippen molar-refractivity contribution in [2.45, 2.75) is 19.6 Å². The molecule has 4 aromatic rings. The molecule has 39 heavy (non-hydrogen) atoms. The van der Waals surface area contributed by atoms with Crippen molar-refractivity contribution >= 4 is 34.4 Å². The highest BCUT2D eigenvalue weighted by Gasteiger charge is 2.19. The number of esters is 1. The zero-order chi connectivity index (χ0) is 27.9. The van der Waals surface area contributed by atoms with Crippen molar-refractivity contribution in [2.75, 3.05) is 12.4 Å². The van der Waals surface area contributed by atoms with Gasteiger partial charge in [-0.2, -0.15) is 0 Å². The number of ether oxygens (including phenoxy) is 1. The van der Waals surface area contributed by atoms with Gasteiger partial charge in [-0.1, -0.05) is 48.5 Å². The van der Waals surface area contributed by atoms with Gasteiger partial charge in [-0.15, -0.1) is 6.58 Å². The van der Waals surface area contributed by atoms with Crippen LogP contribution in [0.1, 0.15) is 26.3 Å². The number of aromatic nitrogens is 2. The number of carbonyl (C=O) groups is 3. The third-order valence-corrected chi connectivity index (χ3v) is 6.00. The molecule has 2 N–H and O–H groups in total. The van der Waals surface area contributed by atoms with Gasteiger partial charge in [0, 0.05) is 18.7 Å². The SMILES string of the molecule is C=CCn1c(=O)c2ccc(C(=O)NCc3ccccc3)cc2n(CC(=O)Nc2ccccc2C(=O)OC)c1=O. The van der Waals surface area contributed by atoms with Crippen LogP contribution in [0.15, 0.2) is 95.0 Å². The van der Waals surface area contributed by atoms with E-state index in [1.54, 1.807) is 12.1 Å². The van der Waals surface area contributed by atoms with Crippen LogP contribution in [0.4, 0.5) is 5.69 Å². The lowest BCUT2D eigenvalue weighted by atomic mass is 10.1. The third kappa shape index (κ3) is 5.85. The second-order valence-electron chi connectivity index (χ2n) is 8.56. The molecule has 0 radical (unpaired) electrons. The van der Waals surface area contributed by atoms with E-state index < -0.39 is 35.6 Å². The molecule has 198 valence electrons. The molecule has 2 amide bonds. The zero-order valence-electron chi connectivity index (χ0n) is 21.2. The summed E-state index contributed by atoms with van der Waals surface area (Å²) in [5, 5.41) is 5.58. The van der Waals surface area contributed by atoms with Crippen molar-refractivity contribution in [3.63, 3.8) is 0 Å². The van der Waals surface area contributed by atoms with Crippen molar-refractivity contribution in [1.29, 1.82) is 0 Å². The van der Waals surface area contributed by atoms with Crippen molar-refractivity contribution < 1.29 is 19.1 Å². The Bertz CT molecular complexity index is 1690. The normalized spacial score (nSPS) is 10.6. The second-order valence-corrected chi connectivity index (χ2v) is 8.56. The van der Waals surface area contributed by atoms with E-state index in [-0.39, 0.29) is 40.8 Å². The third-order valence-electron chi connectivity index (χ3n) is 6.00. The first-order valence-corrected chi connectivity index (χ1v) is 12.0. The van der Waals surface area contributed by atoms with E-state index in [0.29, 0.717) is 0 Å². The number of hydrogen-bond acceptors (Lipinski definition) is 6. The summed E-state index contributed by atoms with van der Waals surface area (Å²) in [6.45, 7) is 3.32. The number of allylic oxidation sites excluding steroid dienone is 1. The topological polar surface area (TPSA) is 128 Å². The monoisotopic (exact) mass is 526 g/mol.